The summed E-state index contributed by atoms with van der Waals surface area (Å²) in [6.07, 6.45) is 3.61. The number of imide groups is 1. The van der Waals surface area contributed by atoms with E-state index in [9.17, 15) is 14.4 Å². The number of ketones is 1. The number of nitrogens with zero attached hydrogens (tertiary/aromatic N) is 1. The van der Waals surface area contributed by atoms with Crippen LogP contribution in [0.3, 0.4) is 0 Å². The smallest absolute Gasteiger partial charge is 0.261 e. The Kier molecular flexibility index (Phi) is 3.37. The zero-order chi connectivity index (χ0) is 13.1. The van der Waals surface area contributed by atoms with Gasteiger partial charge in [0.25, 0.3) is 11.8 Å². The SMILES string of the molecule is CC(=O)C=CCCN1C(=O)c2ccccc2C1=O. The Balaban J connectivity index is 2.07. The molecule has 92 valence electrons. The zero-order valence-corrected chi connectivity index (χ0v) is 10.1. The van der Waals surface area contributed by atoms with Crippen LogP contribution in [0.4, 0.5) is 0 Å². The molecule has 1 heterocycles. The molecule has 18 heavy (non-hydrogen) atoms. The van der Waals surface area contributed by atoms with E-state index in [1.54, 1.807) is 30.3 Å². The second kappa shape index (κ2) is 4.96. The Hall–Kier alpha value is -2.23. The van der Waals surface area contributed by atoms with E-state index in [1.165, 1.54) is 17.9 Å². The number of benzene rings is 1. The van der Waals surface area contributed by atoms with Gasteiger partial charge in [-0.05, 0) is 31.6 Å². The summed E-state index contributed by atoms with van der Waals surface area (Å²) in [5.41, 5.74) is 0.913. The van der Waals surface area contributed by atoms with Gasteiger partial charge in [0.1, 0.15) is 0 Å². The van der Waals surface area contributed by atoms with Gasteiger partial charge in [-0.25, -0.2) is 0 Å². The second-order valence-electron chi connectivity index (χ2n) is 4.11. The van der Waals surface area contributed by atoms with Crippen LogP contribution in [0.5, 0.6) is 0 Å². The highest BCUT2D eigenvalue weighted by Gasteiger charge is 2.34. The normalized spacial score (nSPS) is 14.4. The molecule has 2 amide bonds. The molecular weight excluding hydrogens is 230 g/mol. The van der Waals surface area contributed by atoms with Crippen LogP contribution in [0.1, 0.15) is 34.1 Å². The molecule has 0 spiro atoms. The molecule has 0 aromatic heterocycles. The fraction of sp³-hybridized carbons (Fsp3) is 0.214. The number of hydrogen-bond acceptors (Lipinski definition) is 3. The van der Waals surface area contributed by atoms with Crippen molar-refractivity contribution in [1.29, 1.82) is 0 Å². The molecule has 0 atom stereocenters. The first-order chi connectivity index (χ1) is 8.61. The van der Waals surface area contributed by atoms with Crippen molar-refractivity contribution in [1.82, 2.24) is 4.90 Å². The van der Waals surface area contributed by atoms with E-state index < -0.39 is 0 Å². The van der Waals surface area contributed by atoms with E-state index in [4.69, 9.17) is 0 Å². The van der Waals surface area contributed by atoms with Gasteiger partial charge >= 0.3 is 0 Å². The molecule has 0 saturated carbocycles. The van der Waals surface area contributed by atoms with Gasteiger partial charge in [0, 0.05) is 6.54 Å². The highest BCUT2D eigenvalue weighted by molar-refractivity contribution is 6.21. The first kappa shape index (κ1) is 12.2. The minimum Gasteiger partial charge on any atom is -0.295 e. The van der Waals surface area contributed by atoms with Crippen LogP contribution in [0.25, 0.3) is 0 Å². The molecule has 2 rings (SSSR count). The van der Waals surface area contributed by atoms with Crippen molar-refractivity contribution in [2.75, 3.05) is 6.54 Å². The molecule has 0 fully saturated rings. The number of carbonyl (C=O) groups is 3. The zero-order valence-electron chi connectivity index (χ0n) is 10.1. The first-order valence-corrected chi connectivity index (χ1v) is 5.73. The van der Waals surface area contributed by atoms with Crippen molar-refractivity contribution in [3.05, 3.63) is 47.5 Å². The number of fused-ring (bicyclic) bond motifs is 1. The van der Waals surface area contributed by atoms with Crippen molar-refractivity contribution < 1.29 is 14.4 Å². The van der Waals surface area contributed by atoms with Crippen LogP contribution in [-0.2, 0) is 4.79 Å². The summed E-state index contributed by atoms with van der Waals surface area (Å²) >= 11 is 0. The monoisotopic (exact) mass is 243 g/mol. The van der Waals surface area contributed by atoms with Gasteiger partial charge in [0.2, 0.25) is 0 Å². The van der Waals surface area contributed by atoms with Gasteiger partial charge in [0.05, 0.1) is 11.1 Å². The molecule has 1 aliphatic rings. The number of amides is 2. The first-order valence-electron chi connectivity index (χ1n) is 5.73. The molecule has 0 N–H and O–H groups in total. The third-order valence-corrected chi connectivity index (χ3v) is 2.75. The van der Waals surface area contributed by atoms with Gasteiger partial charge in [-0.2, -0.15) is 0 Å². The maximum atomic E-state index is 11.9. The average molecular weight is 243 g/mol. The van der Waals surface area contributed by atoms with E-state index in [1.807, 2.05) is 0 Å². The highest BCUT2D eigenvalue weighted by Crippen LogP contribution is 2.22. The number of carbonyl (C=O) groups excluding carboxylic acids is 3. The summed E-state index contributed by atoms with van der Waals surface area (Å²) in [6.45, 7) is 1.76. The van der Waals surface area contributed by atoms with Crippen molar-refractivity contribution in [2.45, 2.75) is 13.3 Å². The molecule has 1 aromatic carbocycles. The van der Waals surface area contributed by atoms with Crippen LogP contribution in [0, 0.1) is 0 Å². The second-order valence-corrected chi connectivity index (χ2v) is 4.11. The molecule has 4 nitrogen and oxygen atoms in total. The van der Waals surface area contributed by atoms with E-state index in [0.717, 1.165) is 0 Å². The molecule has 1 aliphatic heterocycles. The number of hydrogen-bond donors (Lipinski definition) is 0. The summed E-state index contributed by atoms with van der Waals surface area (Å²) in [5.74, 6) is -0.559. The summed E-state index contributed by atoms with van der Waals surface area (Å²) in [4.78, 5) is 35.8. The van der Waals surface area contributed by atoms with Crippen molar-refractivity contribution >= 4 is 17.6 Å². The molecule has 1 aromatic rings. The fourth-order valence-corrected chi connectivity index (χ4v) is 1.90. The van der Waals surface area contributed by atoms with Crippen molar-refractivity contribution in [3.63, 3.8) is 0 Å². The largest absolute Gasteiger partial charge is 0.295 e. The van der Waals surface area contributed by atoms with Gasteiger partial charge in [0.15, 0.2) is 5.78 Å². The van der Waals surface area contributed by atoms with E-state index >= 15 is 0 Å². The van der Waals surface area contributed by atoms with E-state index in [2.05, 4.69) is 0 Å². The average Bonchev–Trinajstić information content (AvgIpc) is 2.59. The van der Waals surface area contributed by atoms with E-state index in [-0.39, 0.29) is 17.6 Å². The van der Waals surface area contributed by atoms with Gasteiger partial charge < -0.3 is 0 Å². The predicted molar refractivity (Wildman–Crippen MR) is 66.2 cm³/mol. The highest BCUT2D eigenvalue weighted by atomic mass is 16.2. The molecule has 0 aliphatic carbocycles. The Morgan fingerprint density at radius 2 is 1.72 bits per heavy atom. The van der Waals surface area contributed by atoms with Gasteiger partial charge in [-0.3, -0.25) is 19.3 Å². The maximum absolute atomic E-state index is 11.9. The lowest BCUT2D eigenvalue weighted by atomic mass is 10.1. The standard InChI is InChI=1S/C14H13NO3/c1-10(16)6-4-5-9-15-13(17)11-7-2-3-8-12(11)14(15)18/h2-4,6-8H,5,9H2,1H3. The molecule has 0 unspecified atom stereocenters. The third kappa shape index (κ3) is 2.22. The molecule has 4 heteroatoms. The summed E-state index contributed by atoms with van der Waals surface area (Å²) < 4.78 is 0. The lowest BCUT2D eigenvalue weighted by molar-refractivity contribution is -0.112. The van der Waals surface area contributed by atoms with Crippen LogP contribution in [0.15, 0.2) is 36.4 Å². The molecule has 0 saturated heterocycles. The Morgan fingerprint density at radius 3 is 2.22 bits per heavy atom. The fourth-order valence-electron chi connectivity index (χ4n) is 1.90. The summed E-state index contributed by atoms with van der Waals surface area (Å²) in [6, 6.07) is 6.79. The summed E-state index contributed by atoms with van der Waals surface area (Å²) in [7, 11) is 0. The predicted octanol–water partition coefficient (Wildman–Crippen LogP) is 1.82. The molecular formula is C14H13NO3. The minimum absolute atomic E-state index is 0.0441. The lowest BCUT2D eigenvalue weighted by Crippen LogP contribution is -2.30. The van der Waals surface area contributed by atoms with E-state index in [0.29, 0.717) is 24.1 Å². The number of rotatable bonds is 4. The molecule has 0 radical (unpaired) electrons. The summed E-state index contributed by atoms with van der Waals surface area (Å²) in [5, 5.41) is 0. The van der Waals surface area contributed by atoms with Gasteiger partial charge in [-0.1, -0.05) is 18.2 Å². The molecule has 0 bridgehead atoms. The lowest BCUT2D eigenvalue weighted by Gasteiger charge is -2.11. The quantitative estimate of drug-likeness (QED) is 0.598. The maximum Gasteiger partial charge on any atom is 0.261 e. The van der Waals surface area contributed by atoms with Crippen molar-refractivity contribution in [2.24, 2.45) is 0 Å². The van der Waals surface area contributed by atoms with Gasteiger partial charge in [-0.15, -0.1) is 0 Å². The third-order valence-electron chi connectivity index (χ3n) is 2.75. The Bertz CT molecular complexity index is 511. The topological polar surface area (TPSA) is 54.5 Å². The number of allylic oxidation sites excluding steroid dienone is 1. The Labute approximate surface area is 105 Å². The van der Waals surface area contributed by atoms with Crippen LogP contribution in [-0.4, -0.2) is 29.0 Å². The Morgan fingerprint density at radius 1 is 1.17 bits per heavy atom. The van der Waals surface area contributed by atoms with Crippen LogP contribution < -0.4 is 0 Å². The minimum atomic E-state index is -0.258. The van der Waals surface area contributed by atoms with Crippen LogP contribution >= 0.6 is 0 Å². The van der Waals surface area contributed by atoms with Crippen LogP contribution in [0.2, 0.25) is 0 Å². The van der Waals surface area contributed by atoms with Crippen molar-refractivity contribution in [3.8, 4) is 0 Å².